The molecule has 0 aliphatic rings. The Labute approximate surface area is 124 Å². The van der Waals surface area contributed by atoms with E-state index in [0.717, 1.165) is 5.56 Å². The fraction of sp³-hybridized carbons (Fsp3) is 0.0714. The third-order valence-corrected chi connectivity index (χ3v) is 3.76. The summed E-state index contributed by atoms with van der Waals surface area (Å²) in [5.74, 6) is 0.695. The average Bonchev–Trinajstić information content (AvgIpc) is 2.93. The summed E-state index contributed by atoms with van der Waals surface area (Å²) < 4.78 is 5.30. The van der Waals surface area contributed by atoms with Crippen molar-refractivity contribution >= 4 is 16.5 Å². The van der Waals surface area contributed by atoms with Gasteiger partial charge in [-0.05, 0) is 24.3 Å². The highest BCUT2D eigenvalue weighted by Crippen LogP contribution is 2.28. The zero-order chi connectivity index (χ0) is 14.8. The summed E-state index contributed by atoms with van der Waals surface area (Å²) in [6.07, 6.45) is 0. The van der Waals surface area contributed by atoms with Crippen molar-refractivity contribution in [1.29, 1.82) is 0 Å². The first-order valence-electron chi connectivity index (χ1n) is 6.15. The van der Waals surface area contributed by atoms with Gasteiger partial charge in [-0.3, -0.25) is 4.79 Å². The molecule has 0 saturated carbocycles. The van der Waals surface area contributed by atoms with Gasteiger partial charge in [0.25, 0.3) is 5.56 Å². The topological polar surface area (TPSA) is 93.9 Å². The summed E-state index contributed by atoms with van der Waals surface area (Å²) in [5.41, 5.74) is 7.25. The van der Waals surface area contributed by atoms with Crippen LogP contribution in [0.25, 0.3) is 21.8 Å². The molecule has 0 saturated heterocycles. The number of benzene rings is 1. The number of para-hydroxylation sites is 1. The second-order valence-corrected chi connectivity index (χ2v) is 5.27. The lowest BCUT2D eigenvalue weighted by Crippen LogP contribution is -2.09. The van der Waals surface area contributed by atoms with Crippen molar-refractivity contribution in [3.8, 4) is 27.6 Å². The lowest BCUT2D eigenvalue weighted by molar-refractivity contribution is 0.416. The highest BCUT2D eigenvalue weighted by molar-refractivity contribution is 7.18. The first-order chi connectivity index (χ1) is 10.2. The quantitative estimate of drug-likeness (QED) is 0.773. The number of aromatic amines is 1. The van der Waals surface area contributed by atoms with Gasteiger partial charge in [0.15, 0.2) is 5.01 Å². The zero-order valence-corrected chi connectivity index (χ0v) is 12.0. The summed E-state index contributed by atoms with van der Waals surface area (Å²) in [6.45, 7) is 0. The third-order valence-electron chi connectivity index (χ3n) is 2.98. The van der Waals surface area contributed by atoms with Gasteiger partial charge in [0.05, 0.1) is 18.4 Å². The zero-order valence-electron chi connectivity index (χ0n) is 11.2. The van der Waals surface area contributed by atoms with Crippen LogP contribution in [-0.2, 0) is 0 Å². The minimum atomic E-state index is -0.241. The van der Waals surface area contributed by atoms with Crippen molar-refractivity contribution in [2.24, 2.45) is 0 Å². The number of nitrogen functional groups attached to an aromatic ring is 1. The van der Waals surface area contributed by atoms with Crippen LogP contribution in [0.4, 0.5) is 5.13 Å². The van der Waals surface area contributed by atoms with Crippen molar-refractivity contribution in [3.05, 3.63) is 46.8 Å². The molecule has 3 aromatic rings. The van der Waals surface area contributed by atoms with Crippen LogP contribution in [0.15, 0.2) is 41.2 Å². The Balaban J connectivity index is 2.08. The minimum absolute atomic E-state index is 0.241. The molecular weight excluding hydrogens is 288 g/mol. The van der Waals surface area contributed by atoms with Crippen molar-refractivity contribution in [1.82, 2.24) is 15.2 Å². The molecule has 6 nitrogen and oxygen atoms in total. The Morgan fingerprint density at radius 2 is 1.95 bits per heavy atom. The van der Waals surface area contributed by atoms with Crippen LogP contribution in [0.1, 0.15) is 0 Å². The van der Waals surface area contributed by atoms with Crippen LogP contribution < -0.4 is 16.0 Å². The van der Waals surface area contributed by atoms with Gasteiger partial charge in [-0.2, -0.15) is 0 Å². The molecule has 0 unspecified atom stereocenters. The summed E-state index contributed by atoms with van der Waals surface area (Å²) >= 11 is 1.18. The second kappa shape index (κ2) is 5.37. The van der Waals surface area contributed by atoms with Gasteiger partial charge in [0, 0.05) is 5.56 Å². The summed E-state index contributed by atoms with van der Waals surface area (Å²) in [4.78, 5) is 15.1. The van der Waals surface area contributed by atoms with Gasteiger partial charge in [0.1, 0.15) is 5.75 Å². The van der Waals surface area contributed by atoms with E-state index in [1.807, 2.05) is 30.3 Å². The Morgan fingerprint density at radius 1 is 1.14 bits per heavy atom. The number of ether oxygens (including phenoxy) is 1. The van der Waals surface area contributed by atoms with Gasteiger partial charge in [-0.25, -0.2) is 0 Å². The van der Waals surface area contributed by atoms with Crippen LogP contribution in [-0.4, -0.2) is 22.3 Å². The number of nitrogens with zero attached hydrogens (tertiary/aromatic N) is 2. The molecule has 0 amide bonds. The number of methoxy groups -OCH3 is 1. The molecule has 3 N–H and O–H groups in total. The monoisotopic (exact) mass is 300 g/mol. The number of nitrogens with one attached hydrogen (secondary N) is 1. The van der Waals surface area contributed by atoms with Gasteiger partial charge in [-0.1, -0.05) is 23.5 Å². The maximum Gasteiger partial charge on any atom is 0.258 e. The molecule has 21 heavy (non-hydrogen) atoms. The Hall–Kier alpha value is -2.67. The highest BCUT2D eigenvalue weighted by atomic mass is 32.1. The van der Waals surface area contributed by atoms with Gasteiger partial charge in [-0.15, -0.1) is 10.2 Å². The van der Waals surface area contributed by atoms with Gasteiger partial charge in [0.2, 0.25) is 5.13 Å². The number of anilines is 1. The van der Waals surface area contributed by atoms with E-state index in [-0.39, 0.29) is 5.56 Å². The molecule has 7 heteroatoms. The number of hydrogen-bond donors (Lipinski definition) is 2. The predicted molar refractivity (Wildman–Crippen MR) is 82.4 cm³/mol. The van der Waals surface area contributed by atoms with Crippen LogP contribution in [0.5, 0.6) is 5.75 Å². The maximum atomic E-state index is 12.2. The molecule has 0 spiro atoms. The molecule has 106 valence electrons. The number of nitrogens with two attached hydrogens (primary N) is 1. The van der Waals surface area contributed by atoms with E-state index in [1.165, 1.54) is 11.3 Å². The van der Waals surface area contributed by atoms with Gasteiger partial charge >= 0.3 is 0 Å². The summed E-state index contributed by atoms with van der Waals surface area (Å²) in [5, 5.41) is 8.43. The van der Waals surface area contributed by atoms with E-state index in [1.54, 1.807) is 13.2 Å². The molecule has 0 bridgehead atoms. The van der Waals surface area contributed by atoms with Crippen LogP contribution >= 0.6 is 11.3 Å². The number of aromatic nitrogens is 3. The Morgan fingerprint density at radius 3 is 2.62 bits per heavy atom. The lowest BCUT2D eigenvalue weighted by atomic mass is 10.1. The molecule has 0 aliphatic heterocycles. The lowest BCUT2D eigenvalue weighted by Gasteiger charge is -2.08. The molecule has 2 aromatic heterocycles. The second-order valence-electron chi connectivity index (χ2n) is 4.26. The number of H-pyrrole nitrogens is 1. The summed E-state index contributed by atoms with van der Waals surface area (Å²) in [7, 11) is 1.59. The smallest absolute Gasteiger partial charge is 0.258 e. The first kappa shape index (κ1) is 13.3. The molecule has 0 fully saturated rings. The van der Waals surface area contributed by atoms with Crippen LogP contribution in [0.2, 0.25) is 0 Å². The van der Waals surface area contributed by atoms with Crippen molar-refractivity contribution < 1.29 is 4.74 Å². The molecule has 2 heterocycles. The number of pyridine rings is 1. The van der Waals surface area contributed by atoms with E-state index < -0.39 is 0 Å². The van der Waals surface area contributed by atoms with Crippen LogP contribution in [0, 0.1) is 0 Å². The normalized spacial score (nSPS) is 10.5. The average molecular weight is 300 g/mol. The van der Waals surface area contributed by atoms with Crippen LogP contribution in [0.3, 0.4) is 0 Å². The molecule has 0 atom stereocenters. The molecule has 0 radical (unpaired) electrons. The minimum Gasteiger partial charge on any atom is -0.496 e. The standard InChI is InChI=1S/C14H12N4O2S/c1-20-11-5-3-2-4-8(11)10-7-6-9(12(19)16-10)13-17-18-14(15)21-13/h2-7H,1H3,(H2,15,18)(H,16,19). The number of hydrogen-bond acceptors (Lipinski definition) is 6. The van der Waals surface area contributed by atoms with E-state index in [0.29, 0.717) is 27.1 Å². The van der Waals surface area contributed by atoms with Crippen molar-refractivity contribution in [3.63, 3.8) is 0 Å². The highest BCUT2D eigenvalue weighted by Gasteiger charge is 2.11. The first-order valence-corrected chi connectivity index (χ1v) is 6.97. The molecule has 3 rings (SSSR count). The fourth-order valence-corrected chi connectivity index (χ4v) is 2.64. The predicted octanol–water partition coefficient (Wildman–Crippen LogP) is 2.15. The summed E-state index contributed by atoms with van der Waals surface area (Å²) in [6, 6.07) is 11.0. The SMILES string of the molecule is COc1ccccc1-c1ccc(-c2nnc(N)s2)c(=O)[nH]1. The van der Waals surface area contributed by atoms with E-state index in [4.69, 9.17) is 10.5 Å². The van der Waals surface area contributed by atoms with Gasteiger partial charge < -0.3 is 15.5 Å². The van der Waals surface area contributed by atoms with E-state index in [2.05, 4.69) is 15.2 Å². The number of rotatable bonds is 3. The largest absolute Gasteiger partial charge is 0.496 e. The molecule has 0 aliphatic carbocycles. The third kappa shape index (κ3) is 2.50. The van der Waals surface area contributed by atoms with Crippen molar-refractivity contribution in [2.75, 3.05) is 12.8 Å². The van der Waals surface area contributed by atoms with Crippen molar-refractivity contribution in [2.45, 2.75) is 0 Å². The molecule has 1 aromatic carbocycles. The van der Waals surface area contributed by atoms with E-state index in [9.17, 15) is 4.79 Å². The van der Waals surface area contributed by atoms with E-state index >= 15 is 0 Å². The fourth-order valence-electron chi connectivity index (χ4n) is 2.01. The Bertz CT molecular complexity index is 841. The Kier molecular flexibility index (Phi) is 3.41. The maximum absolute atomic E-state index is 12.2. The molecular formula is C14H12N4O2S.